The van der Waals surface area contributed by atoms with Crippen LogP contribution in [0.5, 0.6) is 5.75 Å². The molecule has 0 saturated heterocycles. The van der Waals surface area contributed by atoms with Gasteiger partial charge in [-0.05, 0) is 54.8 Å². The average molecular weight is 541 g/mol. The van der Waals surface area contributed by atoms with Crippen molar-refractivity contribution in [1.29, 1.82) is 0 Å². The van der Waals surface area contributed by atoms with Crippen molar-refractivity contribution in [3.63, 3.8) is 0 Å². The lowest BCUT2D eigenvalue weighted by Crippen LogP contribution is -2.39. The Morgan fingerprint density at radius 3 is 2.39 bits per heavy atom. The van der Waals surface area contributed by atoms with E-state index in [0.29, 0.717) is 11.6 Å². The van der Waals surface area contributed by atoms with Crippen LogP contribution in [-0.4, -0.2) is 38.8 Å². The highest BCUT2D eigenvalue weighted by Crippen LogP contribution is 2.36. The molecular formula is C25H24ClF3N2O4S. The van der Waals surface area contributed by atoms with Crippen LogP contribution in [0.25, 0.3) is 0 Å². The maximum Gasteiger partial charge on any atom is 0.418 e. The third-order valence-corrected chi connectivity index (χ3v) is 7.41. The van der Waals surface area contributed by atoms with Gasteiger partial charge in [-0.3, -0.25) is 4.79 Å². The number of carbonyl (C=O) groups excluding carboxylic acids is 1. The van der Waals surface area contributed by atoms with Gasteiger partial charge in [0.1, 0.15) is 10.6 Å². The molecule has 11 heteroatoms. The number of sulfonamides is 1. The molecule has 0 fully saturated rings. The van der Waals surface area contributed by atoms with Crippen LogP contribution in [0.3, 0.4) is 0 Å². The van der Waals surface area contributed by atoms with Crippen molar-refractivity contribution in [2.75, 3.05) is 25.5 Å². The molecule has 3 aromatic rings. The lowest BCUT2D eigenvalue weighted by Gasteiger charge is -2.23. The summed E-state index contributed by atoms with van der Waals surface area (Å²) >= 11 is 5.70. The zero-order chi connectivity index (χ0) is 26.5. The predicted octanol–water partition coefficient (Wildman–Crippen LogP) is 5.55. The van der Waals surface area contributed by atoms with Crippen molar-refractivity contribution < 1.29 is 31.1 Å². The predicted molar refractivity (Wildman–Crippen MR) is 132 cm³/mol. The van der Waals surface area contributed by atoms with Crippen LogP contribution in [-0.2, 0) is 27.4 Å². The summed E-state index contributed by atoms with van der Waals surface area (Å²) in [4.78, 5) is 12.7. The van der Waals surface area contributed by atoms with E-state index < -0.39 is 39.9 Å². The van der Waals surface area contributed by atoms with Crippen molar-refractivity contribution in [3.05, 3.63) is 88.4 Å². The Hall–Kier alpha value is -3.08. The average Bonchev–Trinajstić information content (AvgIpc) is 2.82. The number of aryl methyl sites for hydroxylation is 1. The number of nitrogens with one attached hydrogen (secondary N) is 1. The molecule has 192 valence electrons. The molecular weight excluding hydrogens is 517 g/mol. The van der Waals surface area contributed by atoms with Gasteiger partial charge in [0.15, 0.2) is 0 Å². The van der Waals surface area contributed by atoms with Crippen LogP contribution in [0.1, 0.15) is 16.7 Å². The molecule has 0 atom stereocenters. The van der Waals surface area contributed by atoms with Gasteiger partial charge in [-0.1, -0.05) is 48.0 Å². The van der Waals surface area contributed by atoms with E-state index in [2.05, 4.69) is 5.32 Å². The van der Waals surface area contributed by atoms with Crippen molar-refractivity contribution in [2.45, 2.75) is 24.4 Å². The number of hydrogen-bond donors (Lipinski definition) is 1. The summed E-state index contributed by atoms with van der Waals surface area (Å²) in [6.07, 6.45) is -4.50. The van der Waals surface area contributed by atoms with Crippen molar-refractivity contribution in [1.82, 2.24) is 4.31 Å². The molecule has 0 spiro atoms. The van der Waals surface area contributed by atoms with E-state index in [1.807, 2.05) is 6.07 Å². The Bertz CT molecular complexity index is 1330. The normalized spacial score (nSPS) is 12.0. The van der Waals surface area contributed by atoms with Gasteiger partial charge in [-0.2, -0.15) is 17.5 Å². The summed E-state index contributed by atoms with van der Waals surface area (Å²) in [6.45, 7) is 0.897. The van der Waals surface area contributed by atoms with E-state index in [-0.39, 0.29) is 28.6 Å². The molecule has 0 bridgehead atoms. The van der Waals surface area contributed by atoms with Crippen LogP contribution in [0.15, 0.2) is 71.6 Å². The molecule has 0 unspecified atom stereocenters. The molecule has 1 N–H and O–H groups in total. The molecule has 0 heterocycles. The Morgan fingerprint density at radius 1 is 1.06 bits per heavy atom. The van der Waals surface area contributed by atoms with E-state index >= 15 is 0 Å². The fourth-order valence-electron chi connectivity index (χ4n) is 3.52. The molecule has 0 aromatic heterocycles. The number of nitrogens with zero attached hydrogens (tertiary/aromatic N) is 1. The van der Waals surface area contributed by atoms with Crippen LogP contribution in [0, 0.1) is 6.92 Å². The van der Waals surface area contributed by atoms with Crippen LogP contribution >= 0.6 is 11.6 Å². The number of anilines is 1. The monoisotopic (exact) mass is 540 g/mol. The van der Waals surface area contributed by atoms with Gasteiger partial charge in [0, 0.05) is 11.6 Å². The summed E-state index contributed by atoms with van der Waals surface area (Å²) in [5.74, 6) is -0.853. The molecule has 3 aromatic carbocycles. The van der Waals surface area contributed by atoms with E-state index in [9.17, 15) is 26.4 Å². The zero-order valence-electron chi connectivity index (χ0n) is 19.5. The second-order valence-corrected chi connectivity index (χ2v) is 10.3. The first-order valence-electron chi connectivity index (χ1n) is 10.8. The maximum absolute atomic E-state index is 13.6. The van der Waals surface area contributed by atoms with Gasteiger partial charge in [-0.25, -0.2) is 8.42 Å². The zero-order valence-corrected chi connectivity index (χ0v) is 21.0. The van der Waals surface area contributed by atoms with Gasteiger partial charge < -0.3 is 10.1 Å². The molecule has 1 amide bonds. The summed E-state index contributed by atoms with van der Waals surface area (Å²) in [7, 11) is -2.94. The summed E-state index contributed by atoms with van der Waals surface area (Å²) in [6, 6.07) is 16.5. The Morgan fingerprint density at radius 2 is 1.75 bits per heavy atom. The minimum atomic E-state index is -4.78. The summed E-state index contributed by atoms with van der Waals surface area (Å²) in [5.41, 5.74) is -0.183. The second-order valence-electron chi connectivity index (χ2n) is 7.96. The highest BCUT2D eigenvalue weighted by molar-refractivity contribution is 7.89. The van der Waals surface area contributed by atoms with Crippen molar-refractivity contribution in [2.24, 2.45) is 0 Å². The Balaban J connectivity index is 1.93. The van der Waals surface area contributed by atoms with E-state index in [0.717, 1.165) is 15.9 Å². The molecule has 0 saturated carbocycles. The second kappa shape index (κ2) is 11.3. The van der Waals surface area contributed by atoms with E-state index in [4.69, 9.17) is 16.3 Å². The molecule has 0 aliphatic rings. The van der Waals surface area contributed by atoms with Crippen molar-refractivity contribution in [3.8, 4) is 5.75 Å². The number of alkyl halides is 3. The lowest BCUT2D eigenvalue weighted by molar-refractivity contribution is -0.137. The van der Waals surface area contributed by atoms with Crippen molar-refractivity contribution >= 4 is 33.2 Å². The van der Waals surface area contributed by atoms with Gasteiger partial charge in [0.05, 0.1) is 24.9 Å². The number of methoxy groups -OCH3 is 1. The lowest BCUT2D eigenvalue weighted by atomic mass is 10.1. The van der Waals surface area contributed by atoms with Gasteiger partial charge in [0.2, 0.25) is 15.9 Å². The molecule has 6 nitrogen and oxygen atoms in total. The van der Waals surface area contributed by atoms with E-state index in [1.165, 1.54) is 25.3 Å². The first-order valence-corrected chi connectivity index (χ1v) is 12.6. The fourth-order valence-corrected chi connectivity index (χ4v) is 5.33. The van der Waals surface area contributed by atoms with E-state index in [1.54, 1.807) is 37.3 Å². The molecule has 3 rings (SSSR count). The standard InChI is InChI=1S/C25H24ClF3N2O4S/c1-17-8-11-22(35-2)23(14-17)36(33,34)31(13-12-18-6-4-3-5-7-18)16-24(32)30-21-10-9-19(26)15-20(21)25(27,28)29/h3-11,14-15H,12-13,16H2,1-2H3,(H,30,32). The van der Waals surface area contributed by atoms with Gasteiger partial charge in [-0.15, -0.1) is 0 Å². The maximum atomic E-state index is 13.6. The van der Waals surface area contributed by atoms with Crippen LogP contribution in [0.4, 0.5) is 18.9 Å². The van der Waals surface area contributed by atoms with Gasteiger partial charge >= 0.3 is 6.18 Å². The van der Waals surface area contributed by atoms with Crippen LogP contribution in [0.2, 0.25) is 5.02 Å². The number of carbonyl (C=O) groups is 1. The highest BCUT2D eigenvalue weighted by Gasteiger charge is 2.35. The summed E-state index contributed by atoms with van der Waals surface area (Å²) < 4.78 is 73.7. The largest absolute Gasteiger partial charge is 0.495 e. The molecule has 36 heavy (non-hydrogen) atoms. The first-order chi connectivity index (χ1) is 16.9. The smallest absolute Gasteiger partial charge is 0.418 e. The Labute approximate surface area is 212 Å². The summed E-state index contributed by atoms with van der Waals surface area (Å²) in [5, 5.41) is 2.03. The minimum absolute atomic E-state index is 0.0859. The number of benzene rings is 3. The number of rotatable bonds is 9. The quantitative estimate of drug-likeness (QED) is 0.386. The third kappa shape index (κ3) is 6.77. The third-order valence-electron chi connectivity index (χ3n) is 5.31. The highest BCUT2D eigenvalue weighted by atomic mass is 35.5. The Kier molecular flexibility index (Phi) is 8.65. The number of ether oxygens (including phenoxy) is 1. The molecule has 0 radical (unpaired) electrons. The molecule has 0 aliphatic carbocycles. The number of halogens is 4. The van der Waals surface area contributed by atoms with Crippen LogP contribution < -0.4 is 10.1 Å². The topological polar surface area (TPSA) is 75.7 Å². The fraction of sp³-hybridized carbons (Fsp3) is 0.240. The minimum Gasteiger partial charge on any atom is -0.495 e. The SMILES string of the molecule is COc1ccc(C)cc1S(=O)(=O)N(CCc1ccccc1)CC(=O)Nc1ccc(Cl)cc1C(F)(F)F. The number of hydrogen-bond acceptors (Lipinski definition) is 4. The number of amides is 1. The van der Waals surface area contributed by atoms with Gasteiger partial charge in [0.25, 0.3) is 0 Å². The molecule has 0 aliphatic heterocycles. The first kappa shape index (κ1) is 27.5.